The Balaban J connectivity index is 1.92. The lowest BCUT2D eigenvalue weighted by Gasteiger charge is -2.28. The Labute approximate surface area is 136 Å². The third kappa shape index (κ3) is 2.93. The smallest absolute Gasteiger partial charge is 0.255 e. The van der Waals surface area contributed by atoms with Crippen LogP contribution in [0.3, 0.4) is 0 Å². The van der Waals surface area contributed by atoms with Gasteiger partial charge in [0.15, 0.2) is 0 Å². The van der Waals surface area contributed by atoms with Crippen molar-refractivity contribution in [3.8, 4) is 5.69 Å². The highest BCUT2D eigenvalue weighted by Crippen LogP contribution is 2.24. The van der Waals surface area contributed by atoms with E-state index in [1.165, 1.54) is 17.7 Å². The summed E-state index contributed by atoms with van der Waals surface area (Å²) in [4.78, 5) is 14.7. The van der Waals surface area contributed by atoms with Crippen molar-refractivity contribution in [3.63, 3.8) is 0 Å². The van der Waals surface area contributed by atoms with Gasteiger partial charge in [0.1, 0.15) is 5.82 Å². The number of likely N-dealkylation sites (tertiary alicyclic amines) is 1. The number of benzene rings is 1. The Morgan fingerprint density at radius 2 is 1.74 bits per heavy atom. The maximum Gasteiger partial charge on any atom is 0.255 e. The number of halogens is 1. The number of aromatic nitrogens is 1. The van der Waals surface area contributed by atoms with Crippen LogP contribution < -0.4 is 0 Å². The minimum Gasteiger partial charge on any atom is -0.338 e. The van der Waals surface area contributed by atoms with E-state index in [0.29, 0.717) is 0 Å². The number of hydrogen-bond acceptors (Lipinski definition) is 1. The maximum absolute atomic E-state index is 13.1. The van der Waals surface area contributed by atoms with E-state index in [-0.39, 0.29) is 11.7 Å². The molecule has 1 fully saturated rings. The average Bonchev–Trinajstić information content (AvgIpc) is 2.83. The summed E-state index contributed by atoms with van der Waals surface area (Å²) in [5, 5.41) is 0. The van der Waals surface area contributed by atoms with Crippen LogP contribution in [0.1, 0.15) is 34.6 Å². The molecule has 1 aliphatic heterocycles. The molecule has 2 aromatic rings. The minimum atomic E-state index is -0.263. The molecular weight excluding hydrogens is 291 g/mol. The predicted octanol–water partition coefficient (Wildman–Crippen LogP) is 4.03. The highest BCUT2D eigenvalue weighted by atomic mass is 19.1. The first kappa shape index (κ1) is 15.5. The summed E-state index contributed by atoms with van der Waals surface area (Å²) >= 11 is 0. The highest BCUT2D eigenvalue weighted by Gasteiger charge is 2.23. The number of rotatable bonds is 2. The zero-order chi connectivity index (χ0) is 16.6. The van der Waals surface area contributed by atoms with E-state index in [1.54, 1.807) is 12.1 Å². The molecular formula is C19H21FN2O. The number of hydrogen-bond donors (Lipinski definition) is 0. The third-order valence-electron chi connectivity index (χ3n) is 4.50. The molecule has 120 valence electrons. The van der Waals surface area contributed by atoms with Gasteiger partial charge in [0, 0.05) is 30.2 Å². The molecule has 2 heterocycles. The van der Waals surface area contributed by atoms with Crippen molar-refractivity contribution in [2.45, 2.75) is 26.7 Å². The van der Waals surface area contributed by atoms with Crippen molar-refractivity contribution >= 4 is 5.91 Å². The van der Waals surface area contributed by atoms with Crippen molar-refractivity contribution in [1.82, 2.24) is 9.47 Å². The topological polar surface area (TPSA) is 25.2 Å². The molecule has 0 aliphatic carbocycles. The lowest BCUT2D eigenvalue weighted by molar-refractivity contribution is 0.0743. The van der Waals surface area contributed by atoms with Crippen LogP contribution in [-0.2, 0) is 0 Å². The Bertz CT molecular complexity index is 748. The van der Waals surface area contributed by atoms with Crippen LogP contribution >= 0.6 is 0 Å². The number of carbonyl (C=O) groups excluding carboxylic acids is 1. The Hall–Kier alpha value is -2.36. The van der Waals surface area contributed by atoms with E-state index in [1.807, 2.05) is 29.4 Å². The fourth-order valence-corrected chi connectivity index (χ4v) is 3.16. The molecule has 0 N–H and O–H groups in total. The first-order valence-electron chi connectivity index (χ1n) is 7.88. The standard InChI is InChI=1S/C19H21FN2O/c1-13-8-10-21(11-9-13)19(23)18-12-14(2)22(15(18)3)17-6-4-16(20)5-7-17/h4-7,12H,1,8-11H2,2-3H3. The molecule has 0 spiro atoms. The van der Waals surface area contributed by atoms with Crippen LogP contribution in [0.15, 0.2) is 42.5 Å². The van der Waals surface area contributed by atoms with Crippen LogP contribution in [0.25, 0.3) is 5.69 Å². The first-order chi connectivity index (χ1) is 11.0. The van der Waals surface area contributed by atoms with Crippen LogP contribution in [0.4, 0.5) is 4.39 Å². The lowest BCUT2D eigenvalue weighted by Crippen LogP contribution is -2.36. The number of aryl methyl sites for hydroxylation is 1. The molecule has 23 heavy (non-hydrogen) atoms. The van der Waals surface area contributed by atoms with Crippen molar-refractivity contribution in [3.05, 3.63) is 65.3 Å². The predicted molar refractivity (Wildman–Crippen MR) is 89.5 cm³/mol. The van der Waals surface area contributed by atoms with Gasteiger partial charge >= 0.3 is 0 Å². The van der Waals surface area contributed by atoms with Crippen molar-refractivity contribution < 1.29 is 9.18 Å². The van der Waals surface area contributed by atoms with Crippen molar-refractivity contribution in [2.75, 3.05) is 13.1 Å². The summed E-state index contributed by atoms with van der Waals surface area (Å²) in [6.45, 7) is 9.36. The summed E-state index contributed by atoms with van der Waals surface area (Å²) in [6.07, 6.45) is 1.75. The summed E-state index contributed by atoms with van der Waals surface area (Å²) in [5.74, 6) is -0.194. The minimum absolute atomic E-state index is 0.0685. The molecule has 1 aromatic carbocycles. The van der Waals surface area contributed by atoms with Crippen molar-refractivity contribution in [1.29, 1.82) is 0 Å². The van der Waals surface area contributed by atoms with Gasteiger partial charge < -0.3 is 9.47 Å². The number of carbonyl (C=O) groups is 1. The molecule has 0 radical (unpaired) electrons. The van der Waals surface area contributed by atoms with Crippen LogP contribution in [0.2, 0.25) is 0 Å². The van der Waals surface area contributed by atoms with Crippen LogP contribution in [0.5, 0.6) is 0 Å². The quantitative estimate of drug-likeness (QED) is 0.769. The molecule has 3 nitrogen and oxygen atoms in total. The molecule has 1 amide bonds. The zero-order valence-electron chi connectivity index (χ0n) is 13.6. The lowest BCUT2D eigenvalue weighted by atomic mass is 10.0. The van der Waals surface area contributed by atoms with E-state index in [0.717, 1.165) is 48.6 Å². The van der Waals surface area contributed by atoms with Gasteiger partial charge in [0.05, 0.1) is 5.56 Å². The second-order valence-electron chi connectivity index (χ2n) is 6.14. The van der Waals surface area contributed by atoms with Crippen LogP contribution in [-0.4, -0.2) is 28.5 Å². The van der Waals surface area contributed by atoms with E-state index in [2.05, 4.69) is 6.58 Å². The summed E-state index contributed by atoms with van der Waals surface area (Å²) in [6, 6.07) is 8.26. The molecule has 0 unspecified atom stereocenters. The van der Waals surface area contributed by atoms with Gasteiger partial charge in [-0.05, 0) is 57.0 Å². The summed E-state index contributed by atoms with van der Waals surface area (Å²) in [5.41, 5.74) is 4.67. The Kier molecular flexibility index (Phi) is 4.07. The second kappa shape index (κ2) is 6.03. The summed E-state index contributed by atoms with van der Waals surface area (Å²) < 4.78 is 15.1. The Morgan fingerprint density at radius 1 is 1.13 bits per heavy atom. The van der Waals surface area contributed by atoms with Gasteiger partial charge in [0.25, 0.3) is 5.91 Å². The van der Waals surface area contributed by atoms with Gasteiger partial charge in [0.2, 0.25) is 0 Å². The molecule has 1 saturated heterocycles. The monoisotopic (exact) mass is 312 g/mol. The van der Waals surface area contributed by atoms with Gasteiger partial charge in [-0.2, -0.15) is 0 Å². The second-order valence-corrected chi connectivity index (χ2v) is 6.14. The maximum atomic E-state index is 13.1. The van der Waals surface area contributed by atoms with Crippen molar-refractivity contribution in [2.24, 2.45) is 0 Å². The molecule has 4 heteroatoms. The molecule has 1 aliphatic rings. The van der Waals surface area contributed by atoms with Gasteiger partial charge in [-0.3, -0.25) is 4.79 Å². The number of nitrogens with zero attached hydrogens (tertiary/aromatic N) is 2. The molecule has 0 atom stereocenters. The molecule has 3 rings (SSSR count). The SMILES string of the molecule is C=C1CCN(C(=O)c2cc(C)n(-c3ccc(F)cc3)c2C)CC1. The van der Waals surface area contributed by atoms with Gasteiger partial charge in [-0.15, -0.1) is 0 Å². The highest BCUT2D eigenvalue weighted by molar-refractivity contribution is 5.96. The largest absolute Gasteiger partial charge is 0.338 e. The summed E-state index contributed by atoms with van der Waals surface area (Å²) in [7, 11) is 0. The van der Waals surface area contributed by atoms with E-state index in [4.69, 9.17) is 0 Å². The molecule has 0 bridgehead atoms. The third-order valence-corrected chi connectivity index (χ3v) is 4.50. The Morgan fingerprint density at radius 3 is 2.35 bits per heavy atom. The van der Waals surface area contributed by atoms with Crippen LogP contribution in [0, 0.1) is 19.7 Å². The van der Waals surface area contributed by atoms with Gasteiger partial charge in [-0.25, -0.2) is 4.39 Å². The van der Waals surface area contributed by atoms with E-state index >= 15 is 0 Å². The molecule has 1 aromatic heterocycles. The van der Waals surface area contributed by atoms with Gasteiger partial charge in [-0.1, -0.05) is 12.2 Å². The normalized spacial score (nSPS) is 15.1. The van der Waals surface area contributed by atoms with E-state index in [9.17, 15) is 9.18 Å². The molecule has 0 saturated carbocycles. The fraction of sp³-hybridized carbons (Fsp3) is 0.316. The van der Waals surface area contributed by atoms with E-state index < -0.39 is 0 Å². The average molecular weight is 312 g/mol. The number of piperidine rings is 1. The fourth-order valence-electron chi connectivity index (χ4n) is 3.16. The zero-order valence-corrected chi connectivity index (χ0v) is 13.6. The number of amides is 1. The first-order valence-corrected chi connectivity index (χ1v) is 7.88.